The van der Waals surface area contributed by atoms with Crippen LogP contribution >= 0.6 is 0 Å². The summed E-state index contributed by atoms with van der Waals surface area (Å²) in [5, 5.41) is 3.38. The van der Waals surface area contributed by atoms with E-state index in [9.17, 15) is 0 Å². The van der Waals surface area contributed by atoms with Crippen LogP contribution in [0.4, 0.5) is 11.8 Å². The number of hydrogen-bond acceptors (Lipinski definition) is 4. The fraction of sp³-hybridized carbons (Fsp3) is 0.375. The number of nitrogen functional groups attached to an aromatic ring is 1. The van der Waals surface area contributed by atoms with Gasteiger partial charge in [0.1, 0.15) is 5.82 Å². The molecule has 0 aliphatic carbocycles. The number of nitrogens with one attached hydrogen (secondary N) is 1. The zero-order valence-corrected chi connectivity index (χ0v) is 12.2. The molecule has 2 aromatic rings. The van der Waals surface area contributed by atoms with Gasteiger partial charge in [0, 0.05) is 24.2 Å². The molecular formula is C16H22N4. The summed E-state index contributed by atoms with van der Waals surface area (Å²) < 4.78 is 0. The van der Waals surface area contributed by atoms with Crippen LogP contribution in [0.25, 0.3) is 0 Å². The number of benzene rings is 1. The van der Waals surface area contributed by atoms with Gasteiger partial charge in [0.2, 0.25) is 5.95 Å². The maximum Gasteiger partial charge on any atom is 0.222 e. The van der Waals surface area contributed by atoms with Gasteiger partial charge in [0.25, 0.3) is 0 Å². The number of aryl methyl sites for hydroxylation is 1. The third kappa shape index (κ3) is 3.70. The smallest absolute Gasteiger partial charge is 0.222 e. The van der Waals surface area contributed by atoms with E-state index in [0.717, 1.165) is 42.9 Å². The van der Waals surface area contributed by atoms with Gasteiger partial charge in [-0.25, -0.2) is 4.98 Å². The maximum absolute atomic E-state index is 5.76. The Labute approximate surface area is 120 Å². The van der Waals surface area contributed by atoms with Crippen molar-refractivity contribution in [3.63, 3.8) is 0 Å². The fourth-order valence-corrected chi connectivity index (χ4v) is 2.16. The summed E-state index contributed by atoms with van der Waals surface area (Å²) in [6, 6.07) is 10.4. The third-order valence-electron chi connectivity index (χ3n) is 3.28. The molecule has 0 spiro atoms. The van der Waals surface area contributed by atoms with E-state index in [1.54, 1.807) is 0 Å². The monoisotopic (exact) mass is 270 g/mol. The first-order chi connectivity index (χ1) is 9.70. The van der Waals surface area contributed by atoms with Crippen LogP contribution in [0.5, 0.6) is 0 Å². The number of aromatic nitrogens is 2. The molecule has 1 aromatic carbocycles. The van der Waals surface area contributed by atoms with E-state index in [1.165, 1.54) is 5.56 Å². The highest BCUT2D eigenvalue weighted by atomic mass is 15.1. The first kappa shape index (κ1) is 14.3. The second-order valence-corrected chi connectivity index (χ2v) is 4.94. The second kappa shape index (κ2) is 6.89. The summed E-state index contributed by atoms with van der Waals surface area (Å²) in [7, 11) is 0. The molecule has 0 aliphatic rings. The molecule has 0 bridgehead atoms. The van der Waals surface area contributed by atoms with Crippen LogP contribution in [0, 0.1) is 6.92 Å². The summed E-state index contributed by atoms with van der Waals surface area (Å²) in [5.41, 5.74) is 9.09. The van der Waals surface area contributed by atoms with Gasteiger partial charge in [-0.1, -0.05) is 43.7 Å². The molecule has 0 radical (unpaired) electrons. The highest BCUT2D eigenvalue weighted by Gasteiger charge is 2.11. The van der Waals surface area contributed by atoms with Crippen LogP contribution in [0.3, 0.4) is 0 Å². The molecule has 0 aliphatic heterocycles. The van der Waals surface area contributed by atoms with Crippen molar-refractivity contribution in [1.29, 1.82) is 0 Å². The molecule has 0 amide bonds. The average Bonchev–Trinajstić information content (AvgIpc) is 2.44. The third-order valence-corrected chi connectivity index (χ3v) is 3.28. The lowest BCUT2D eigenvalue weighted by Crippen LogP contribution is -2.11. The SMILES string of the molecule is CCCCNc1nc(N)nc(C)c1Cc1ccccc1. The Kier molecular flexibility index (Phi) is 4.93. The highest BCUT2D eigenvalue weighted by molar-refractivity contribution is 5.51. The molecule has 3 N–H and O–H groups in total. The van der Waals surface area contributed by atoms with E-state index in [4.69, 9.17) is 5.73 Å². The van der Waals surface area contributed by atoms with Crippen molar-refractivity contribution < 1.29 is 0 Å². The predicted molar refractivity (Wildman–Crippen MR) is 83.8 cm³/mol. The largest absolute Gasteiger partial charge is 0.370 e. The normalized spacial score (nSPS) is 10.5. The summed E-state index contributed by atoms with van der Waals surface area (Å²) in [5.74, 6) is 1.20. The number of anilines is 2. The van der Waals surface area contributed by atoms with Gasteiger partial charge >= 0.3 is 0 Å². The molecule has 0 atom stereocenters. The van der Waals surface area contributed by atoms with Crippen molar-refractivity contribution in [2.45, 2.75) is 33.1 Å². The minimum atomic E-state index is 0.332. The molecule has 2 rings (SSSR count). The highest BCUT2D eigenvalue weighted by Crippen LogP contribution is 2.21. The number of rotatable bonds is 6. The second-order valence-electron chi connectivity index (χ2n) is 4.94. The minimum Gasteiger partial charge on any atom is -0.370 e. The minimum absolute atomic E-state index is 0.332. The van der Waals surface area contributed by atoms with Gasteiger partial charge in [0.15, 0.2) is 0 Å². The van der Waals surface area contributed by atoms with Crippen molar-refractivity contribution in [1.82, 2.24) is 9.97 Å². The van der Waals surface area contributed by atoms with Crippen LogP contribution in [0.2, 0.25) is 0 Å². The molecule has 0 saturated heterocycles. The number of unbranched alkanes of at least 4 members (excludes halogenated alkanes) is 1. The average molecular weight is 270 g/mol. The van der Waals surface area contributed by atoms with E-state index in [2.05, 4.69) is 34.3 Å². The molecule has 0 fully saturated rings. The van der Waals surface area contributed by atoms with E-state index in [0.29, 0.717) is 5.95 Å². The van der Waals surface area contributed by atoms with Gasteiger partial charge in [0.05, 0.1) is 0 Å². The Morgan fingerprint density at radius 3 is 2.60 bits per heavy atom. The van der Waals surface area contributed by atoms with E-state index >= 15 is 0 Å². The molecule has 1 heterocycles. The summed E-state index contributed by atoms with van der Waals surface area (Å²) >= 11 is 0. The fourth-order valence-electron chi connectivity index (χ4n) is 2.16. The topological polar surface area (TPSA) is 63.8 Å². The lowest BCUT2D eigenvalue weighted by Gasteiger charge is -2.13. The summed E-state index contributed by atoms with van der Waals surface area (Å²) in [4.78, 5) is 8.64. The number of hydrogen-bond donors (Lipinski definition) is 2. The van der Waals surface area contributed by atoms with E-state index in [-0.39, 0.29) is 0 Å². The maximum atomic E-state index is 5.76. The number of nitrogens with two attached hydrogens (primary N) is 1. The first-order valence-electron chi connectivity index (χ1n) is 7.11. The molecule has 4 heteroatoms. The van der Waals surface area contributed by atoms with Crippen LogP contribution in [-0.4, -0.2) is 16.5 Å². The Bertz CT molecular complexity index is 552. The zero-order valence-electron chi connectivity index (χ0n) is 12.2. The van der Waals surface area contributed by atoms with Crippen molar-refractivity contribution in [3.05, 3.63) is 47.2 Å². The van der Waals surface area contributed by atoms with Gasteiger partial charge in [-0.2, -0.15) is 4.98 Å². The van der Waals surface area contributed by atoms with E-state index in [1.807, 2.05) is 25.1 Å². The van der Waals surface area contributed by atoms with Crippen LogP contribution in [0.1, 0.15) is 36.6 Å². The molecule has 1 aromatic heterocycles. The standard InChI is InChI=1S/C16H22N4/c1-3-4-10-18-15-14(12(2)19-16(17)20-15)11-13-8-6-5-7-9-13/h5-9H,3-4,10-11H2,1-2H3,(H3,17,18,19,20). The molecular weight excluding hydrogens is 248 g/mol. The van der Waals surface area contributed by atoms with Gasteiger partial charge in [-0.15, -0.1) is 0 Å². The van der Waals surface area contributed by atoms with Crippen LogP contribution in [0.15, 0.2) is 30.3 Å². The first-order valence-corrected chi connectivity index (χ1v) is 7.11. The van der Waals surface area contributed by atoms with Crippen molar-refractivity contribution in [3.8, 4) is 0 Å². The Balaban J connectivity index is 2.25. The lowest BCUT2D eigenvalue weighted by molar-refractivity contribution is 0.827. The predicted octanol–water partition coefficient (Wildman–Crippen LogP) is 3.17. The van der Waals surface area contributed by atoms with Gasteiger partial charge in [-0.05, 0) is 18.9 Å². The van der Waals surface area contributed by atoms with Crippen molar-refractivity contribution >= 4 is 11.8 Å². The molecule has 0 saturated carbocycles. The Morgan fingerprint density at radius 1 is 1.15 bits per heavy atom. The molecule has 106 valence electrons. The Hall–Kier alpha value is -2.10. The van der Waals surface area contributed by atoms with Gasteiger partial charge in [-0.3, -0.25) is 0 Å². The van der Waals surface area contributed by atoms with Crippen LogP contribution < -0.4 is 11.1 Å². The number of nitrogens with zero attached hydrogens (tertiary/aromatic N) is 2. The van der Waals surface area contributed by atoms with Crippen molar-refractivity contribution in [2.24, 2.45) is 0 Å². The Morgan fingerprint density at radius 2 is 1.90 bits per heavy atom. The lowest BCUT2D eigenvalue weighted by atomic mass is 10.0. The molecule has 0 unspecified atom stereocenters. The van der Waals surface area contributed by atoms with Gasteiger partial charge < -0.3 is 11.1 Å². The molecule has 20 heavy (non-hydrogen) atoms. The summed E-state index contributed by atoms with van der Waals surface area (Å²) in [6.07, 6.45) is 3.09. The zero-order chi connectivity index (χ0) is 14.4. The van der Waals surface area contributed by atoms with Crippen LogP contribution in [-0.2, 0) is 6.42 Å². The van der Waals surface area contributed by atoms with Crippen molar-refractivity contribution in [2.75, 3.05) is 17.6 Å². The molecule has 4 nitrogen and oxygen atoms in total. The van der Waals surface area contributed by atoms with E-state index < -0.39 is 0 Å². The quantitative estimate of drug-likeness (QED) is 0.791. The summed E-state index contributed by atoms with van der Waals surface area (Å²) in [6.45, 7) is 5.07.